The number of aliphatic imine (C=N–C) groups is 3. The summed E-state index contributed by atoms with van der Waals surface area (Å²) in [5, 5.41) is 25.1. The van der Waals surface area contributed by atoms with Crippen molar-refractivity contribution in [3.05, 3.63) is 0 Å². The van der Waals surface area contributed by atoms with Crippen LogP contribution < -0.4 is 77.4 Å². The number of aliphatic carboxylic acids is 1. The molecule has 0 saturated heterocycles. The summed E-state index contributed by atoms with van der Waals surface area (Å²) in [6, 6.07) is -3.54. The lowest BCUT2D eigenvalue weighted by Crippen LogP contribution is -2.54. The molecule has 0 saturated carbocycles. The molecular formula is C28H53N17O9. The molecule has 0 fully saturated rings. The van der Waals surface area contributed by atoms with Crippen molar-refractivity contribution in [2.24, 2.45) is 55.1 Å². The minimum absolute atomic E-state index is 0.00126. The van der Waals surface area contributed by atoms with Crippen LogP contribution in [0.4, 0.5) is 0 Å². The Morgan fingerprint density at radius 2 is 0.778 bits per heavy atom. The van der Waals surface area contributed by atoms with E-state index in [1.54, 1.807) is 0 Å². The first-order chi connectivity index (χ1) is 25.4. The summed E-state index contributed by atoms with van der Waals surface area (Å²) >= 11 is 0. The van der Waals surface area contributed by atoms with Gasteiger partial charge in [-0.2, -0.15) is 0 Å². The molecule has 0 unspecified atom stereocenters. The first kappa shape index (κ1) is 47.5. The number of nitrogens with zero attached hydrogens (tertiary/aromatic N) is 3. The van der Waals surface area contributed by atoms with E-state index < -0.39 is 98.2 Å². The van der Waals surface area contributed by atoms with Gasteiger partial charge in [0.15, 0.2) is 17.9 Å². The molecule has 0 aliphatic heterocycles. The number of nitrogens with one attached hydrogen (secondary N) is 7. The molecule has 0 aromatic heterocycles. The summed E-state index contributed by atoms with van der Waals surface area (Å²) in [7, 11) is 0. The van der Waals surface area contributed by atoms with Crippen molar-refractivity contribution in [1.82, 2.24) is 37.2 Å². The number of nitrogens with two attached hydrogens (primary N) is 7. The third kappa shape index (κ3) is 24.6. The molecule has 0 aliphatic rings. The van der Waals surface area contributed by atoms with E-state index in [0.717, 1.165) is 0 Å². The van der Waals surface area contributed by atoms with Gasteiger partial charge in [-0.1, -0.05) is 0 Å². The van der Waals surface area contributed by atoms with Crippen molar-refractivity contribution >= 4 is 65.2 Å². The summed E-state index contributed by atoms with van der Waals surface area (Å²) in [4.78, 5) is 110. The Bertz CT molecular complexity index is 1380. The lowest BCUT2D eigenvalue weighted by Gasteiger charge is -2.21. The van der Waals surface area contributed by atoms with Crippen molar-refractivity contribution in [3.63, 3.8) is 0 Å². The predicted molar refractivity (Wildman–Crippen MR) is 194 cm³/mol. The van der Waals surface area contributed by atoms with E-state index in [1.807, 2.05) is 0 Å². The molecule has 0 bridgehead atoms. The average Bonchev–Trinajstić information content (AvgIpc) is 3.10. The van der Waals surface area contributed by atoms with Crippen LogP contribution in [-0.4, -0.2) is 141 Å². The van der Waals surface area contributed by atoms with Crippen LogP contribution in [0.3, 0.4) is 0 Å². The van der Waals surface area contributed by atoms with Gasteiger partial charge in [0.25, 0.3) is 0 Å². The molecule has 26 heteroatoms. The zero-order chi connectivity index (χ0) is 41.1. The quantitative estimate of drug-likeness (QED) is 0.0209. The number of hydrogen-bond acceptors (Lipinski definition) is 12. The first-order valence-corrected chi connectivity index (χ1v) is 16.5. The highest BCUT2D eigenvalue weighted by Crippen LogP contribution is 2.02. The van der Waals surface area contributed by atoms with Gasteiger partial charge in [0.05, 0.1) is 26.2 Å². The van der Waals surface area contributed by atoms with Crippen LogP contribution in [0.1, 0.15) is 38.5 Å². The summed E-state index contributed by atoms with van der Waals surface area (Å²) in [5.74, 6) is -7.23. The SMILES string of the molecule is NCC(=O)N[C@@H](CCCN=C(N)N)C(=O)NCC(=O)N[C@@H](CCCN=C(N)N)C(=O)NCC(=O)N[C@@H](CCCN=C(N)N)C(=O)NCC(=O)NCC(=O)O. The molecule has 0 radical (unpaired) electrons. The van der Waals surface area contributed by atoms with E-state index in [2.05, 4.69) is 52.2 Å². The molecule has 26 nitrogen and oxygen atoms in total. The minimum atomic E-state index is -1.30. The molecule has 0 aromatic rings. The van der Waals surface area contributed by atoms with Gasteiger partial charge >= 0.3 is 5.97 Å². The number of carboxylic acid groups (broad SMARTS) is 1. The Hall–Kier alpha value is -6.47. The Kier molecular flexibility index (Phi) is 24.0. The molecule has 3 atom stereocenters. The molecule has 54 heavy (non-hydrogen) atoms. The van der Waals surface area contributed by atoms with Crippen molar-refractivity contribution in [3.8, 4) is 0 Å². The fourth-order valence-corrected chi connectivity index (χ4v) is 4.17. The van der Waals surface area contributed by atoms with Crippen LogP contribution in [-0.2, 0) is 38.4 Å². The second-order valence-electron chi connectivity index (χ2n) is 11.2. The third-order valence-corrected chi connectivity index (χ3v) is 6.68. The topological polar surface area (TPSA) is 460 Å². The number of hydrogen-bond donors (Lipinski definition) is 15. The average molecular weight is 772 g/mol. The maximum Gasteiger partial charge on any atom is 0.322 e. The number of guanidine groups is 3. The van der Waals surface area contributed by atoms with Gasteiger partial charge in [0.1, 0.15) is 24.7 Å². The standard InChI is InChI=1S/C28H53N17O9/c29-10-18(46)43-15(4-1-7-36-26(30)31)23(52)41-12-20(48)45-17(6-3-9-38-28(34)35)25(54)42-13-21(49)44-16(5-2-8-37-27(32)33)24(53)40-11-19(47)39-14-22(50)51/h15-17H,1-14,29H2,(H,39,47)(H,40,53)(H,41,52)(H,42,54)(H,43,46)(H,44,49)(H,45,48)(H,50,51)(H4,30,31,36)(H4,32,33,37)(H4,34,35,38)/t15-,16-,17-/m0/s1. The minimum Gasteiger partial charge on any atom is -0.480 e. The normalized spacial score (nSPS) is 11.9. The van der Waals surface area contributed by atoms with Gasteiger partial charge in [-0.15, -0.1) is 0 Å². The lowest BCUT2D eigenvalue weighted by molar-refractivity contribution is -0.138. The van der Waals surface area contributed by atoms with Crippen LogP contribution in [0.25, 0.3) is 0 Å². The van der Waals surface area contributed by atoms with Crippen LogP contribution in [0.5, 0.6) is 0 Å². The smallest absolute Gasteiger partial charge is 0.322 e. The molecule has 0 spiro atoms. The molecule has 7 amide bonds. The molecular weight excluding hydrogens is 718 g/mol. The zero-order valence-corrected chi connectivity index (χ0v) is 29.7. The largest absolute Gasteiger partial charge is 0.480 e. The van der Waals surface area contributed by atoms with Crippen molar-refractivity contribution in [1.29, 1.82) is 0 Å². The van der Waals surface area contributed by atoms with E-state index in [9.17, 15) is 38.4 Å². The maximum absolute atomic E-state index is 13.1. The number of amides is 7. The second kappa shape index (κ2) is 27.2. The van der Waals surface area contributed by atoms with Crippen molar-refractivity contribution in [2.75, 3.05) is 52.4 Å². The van der Waals surface area contributed by atoms with Gasteiger partial charge < -0.3 is 82.5 Å². The fraction of sp³-hybridized carbons (Fsp3) is 0.607. The van der Waals surface area contributed by atoms with Gasteiger partial charge in [0.2, 0.25) is 41.4 Å². The van der Waals surface area contributed by atoms with E-state index in [1.165, 1.54) is 0 Å². The number of carboxylic acids is 1. The van der Waals surface area contributed by atoms with Gasteiger partial charge in [-0.05, 0) is 38.5 Å². The van der Waals surface area contributed by atoms with Crippen molar-refractivity contribution in [2.45, 2.75) is 56.7 Å². The number of carbonyl (C=O) groups excluding carboxylic acids is 7. The molecule has 0 rings (SSSR count). The molecule has 0 aliphatic carbocycles. The predicted octanol–water partition coefficient (Wildman–Crippen LogP) is -8.89. The monoisotopic (exact) mass is 771 g/mol. The summed E-state index contributed by atoms with van der Waals surface area (Å²) in [5.41, 5.74) is 37.2. The number of rotatable bonds is 27. The maximum atomic E-state index is 13.1. The van der Waals surface area contributed by atoms with E-state index in [-0.39, 0.29) is 69.6 Å². The van der Waals surface area contributed by atoms with Crippen LogP contribution >= 0.6 is 0 Å². The van der Waals surface area contributed by atoms with Crippen molar-refractivity contribution < 1.29 is 43.5 Å². The Morgan fingerprint density at radius 1 is 0.463 bits per heavy atom. The molecule has 0 heterocycles. The summed E-state index contributed by atoms with van der Waals surface area (Å²) in [6.45, 7) is -2.56. The fourth-order valence-electron chi connectivity index (χ4n) is 4.17. The Balaban J connectivity index is 5.53. The second-order valence-corrected chi connectivity index (χ2v) is 11.2. The van der Waals surface area contributed by atoms with E-state index in [4.69, 9.17) is 45.2 Å². The highest BCUT2D eigenvalue weighted by molar-refractivity contribution is 5.95. The Labute approximate surface area is 310 Å². The third-order valence-electron chi connectivity index (χ3n) is 6.68. The number of carbonyl (C=O) groups is 8. The molecule has 0 aromatic carbocycles. The highest BCUT2D eigenvalue weighted by Gasteiger charge is 2.25. The van der Waals surface area contributed by atoms with Gasteiger partial charge in [-0.25, -0.2) is 0 Å². The van der Waals surface area contributed by atoms with Crippen LogP contribution in [0, 0.1) is 0 Å². The summed E-state index contributed by atoms with van der Waals surface area (Å²) < 4.78 is 0. The summed E-state index contributed by atoms with van der Waals surface area (Å²) in [6.07, 6.45) is 0.815. The van der Waals surface area contributed by atoms with E-state index in [0.29, 0.717) is 6.42 Å². The zero-order valence-electron chi connectivity index (χ0n) is 29.7. The van der Waals surface area contributed by atoms with Crippen LogP contribution in [0.2, 0.25) is 0 Å². The lowest BCUT2D eigenvalue weighted by atomic mass is 10.1. The van der Waals surface area contributed by atoms with Gasteiger partial charge in [0, 0.05) is 19.6 Å². The first-order valence-electron chi connectivity index (χ1n) is 16.5. The molecule has 304 valence electrons. The van der Waals surface area contributed by atoms with Gasteiger partial charge in [-0.3, -0.25) is 53.3 Å². The van der Waals surface area contributed by atoms with Crippen LogP contribution in [0.15, 0.2) is 15.0 Å². The Morgan fingerprint density at radius 3 is 1.07 bits per heavy atom. The van der Waals surface area contributed by atoms with E-state index >= 15 is 0 Å². The molecule has 22 N–H and O–H groups in total. The highest BCUT2D eigenvalue weighted by atomic mass is 16.4.